The van der Waals surface area contributed by atoms with Crippen LogP contribution in [0.15, 0.2) is 69.9 Å². The summed E-state index contributed by atoms with van der Waals surface area (Å²) in [6.07, 6.45) is 11.2. The number of para-hydroxylation sites is 1. The van der Waals surface area contributed by atoms with Gasteiger partial charge in [-0.2, -0.15) is 0 Å². The third-order valence-electron chi connectivity index (χ3n) is 3.74. The van der Waals surface area contributed by atoms with E-state index < -0.39 is 5.63 Å². The number of ether oxygens (including phenoxy) is 2. The van der Waals surface area contributed by atoms with Gasteiger partial charge in [-0.3, -0.25) is 0 Å². The van der Waals surface area contributed by atoms with E-state index in [1.54, 1.807) is 12.1 Å². The van der Waals surface area contributed by atoms with Gasteiger partial charge in [0.15, 0.2) is 0 Å². The molecule has 4 nitrogen and oxygen atoms in total. The van der Waals surface area contributed by atoms with E-state index in [2.05, 4.69) is 0 Å². The van der Waals surface area contributed by atoms with E-state index in [0.717, 1.165) is 5.39 Å². The van der Waals surface area contributed by atoms with E-state index in [4.69, 9.17) is 13.9 Å². The second-order valence-electron chi connectivity index (χ2n) is 5.18. The summed E-state index contributed by atoms with van der Waals surface area (Å²) in [5.74, 6) is 1.15. The standard InChI is InChI=1S/C19H14O4/c20-19-18(16-10-4-6-12-22-16)17(15-9-3-5-11-21-15)13-7-1-2-8-14(13)23-19/h1-10H,11-12H2. The maximum Gasteiger partial charge on any atom is 0.348 e. The van der Waals surface area contributed by atoms with Crippen molar-refractivity contribution in [3.63, 3.8) is 0 Å². The number of fused-ring (bicyclic) bond motifs is 1. The summed E-state index contributed by atoms with van der Waals surface area (Å²) in [5.41, 5.74) is 1.21. The minimum absolute atomic E-state index is 0.398. The van der Waals surface area contributed by atoms with Crippen LogP contribution in [0.4, 0.5) is 0 Å². The van der Waals surface area contributed by atoms with E-state index in [0.29, 0.717) is 41.4 Å². The highest BCUT2D eigenvalue weighted by Crippen LogP contribution is 2.33. The van der Waals surface area contributed by atoms with Gasteiger partial charge < -0.3 is 13.9 Å². The molecule has 2 aliphatic rings. The fraction of sp³-hybridized carbons (Fsp3) is 0.105. The molecule has 1 aromatic heterocycles. The molecule has 0 atom stereocenters. The Morgan fingerprint density at radius 1 is 0.826 bits per heavy atom. The second kappa shape index (κ2) is 5.65. The number of rotatable bonds is 2. The number of hydrogen-bond acceptors (Lipinski definition) is 4. The highest BCUT2D eigenvalue weighted by molar-refractivity contribution is 5.94. The fourth-order valence-electron chi connectivity index (χ4n) is 2.73. The maximum atomic E-state index is 12.6. The van der Waals surface area contributed by atoms with Crippen LogP contribution in [0.3, 0.4) is 0 Å². The summed E-state index contributed by atoms with van der Waals surface area (Å²) in [5, 5.41) is 0.822. The maximum absolute atomic E-state index is 12.6. The highest BCUT2D eigenvalue weighted by atomic mass is 16.5. The van der Waals surface area contributed by atoms with Gasteiger partial charge in [-0.05, 0) is 30.4 Å². The zero-order valence-corrected chi connectivity index (χ0v) is 12.3. The van der Waals surface area contributed by atoms with E-state index >= 15 is 0 Å². The van der Waals surface area contributed by atoms with Gasteiger partial charge >= 0.3 is 5.63 Å². The molecule has 23 heavy (non-hydrogen) atoms. The van der Waals surface area contributed by atoms with Gasteiger partial charge in [0.25, 0.3) is 0 Å². The second-order valence-corrected chi connectivity index (χ2v) is 5.18. The summed E-state index contributed by atoms with van der Waals surface area (Å²) in [6, 6.07) is 7.44. The van der Waals surface area contributed by atoms with Gasteiger partial charge in [-0.15, -0.1) is 0 Å². The minimum atomic E-state index is -0.431. The predicted molar refractivity (Wildman–Crippen MR) is 88.6 cm³/mol. The summed E-state index contributed by atoms with van der Waals surface area (Å²) >= 11 is 0. The monoisotopic (exact) mass is 306 g/mol. The van der Waals surface area contributed by atoms with Crippen molar-refractivity contribution in [1.29, 1.82) is 0 Å². The third-order valence-corrected chi connectivity index (χ3v) is 3.74. The van der Waals surface area contributed by atoms with Crippen LogP contribution in [0.5, 0.6) is 0 Å². The average Bonchev–Trinajstić information content (AvgIpc) is 2.62. The Labute approximate surface area is 132 Å². The van der Waals surface area contributed by atoms with Crippen molar-refractivity contribution >= 4 is 22.5 Å². The first-order valence-electron chi connectivity index (χ1n) is 7.40. The van der Waals surface area contributed by atoms with Gasteiger partial charge in [-0.25, -0.2) is 4.79 Å². The molecule has 0 spiro atoms. The number of allylic oxidation sites excluding steroid dienone is 4. The van der Waals surface area contributed by atoms with Crippen LogP contribution in [0.2, 0.25) is 0 Å². The molecule has 4 rings (SSSR count). The van der Waals surface area contributed by atoms with Gasteiger partial charge in [0.1, 0.15) is 35.9 Å². The Morgan fingerprint density at radius 3 is 2.13 bits per heavy atom. The first-order valence-corrected chi connectivity index (χ1v) is 7.40. The Morgan fingerprint density at radius 2 is 1.48 bits per heavy atom. The topological polar surface area (TPSA) is 48.7 Å². The lowest BCUT2D eigenvalue weighted by atomic mass is 9.99. The molecule has 0 amide bonds. The van der Waals surface area contributed by atoms with E-state index in [-0.39, 0.29) is 0 Å². The zero-order valence-electron chi connectivity index (χ0n) is 12.3. The van der Waals surface area contributed by atoms with Crippen molar-refractivity contribution < 1.29 is 13.9 Å². The summed E-state index contributed by atoms with van der Waals surface area (Å²) in [6.45, 7) is 0.900. The molecule has 114 valence electrons. The van der Waals surface area contributed by atoms with Crippen molar-refractivity contribution in [2.45, 2.75) is 0 Å². The molecule has 1 aromatic carbocycles. The first kappa shape index (κ1) is 13.6. The van der Waals surface area contributed by atoms with Crippen molar-refractivity contribution in [3.05, 3.63) is 82.3 Å². The molecule has 0 saturated heterocycles. The average molecular weight is 306 g/mol. The SMILES string of the molecule is O=c1oc2ccccc2c(C2=CC=CCO2)c1C1=CC=CCO1. The van der Waals surface area contributed by atoms with Crippen LogP contribution in [0.25, 0.3) is 22.5 Å². The van der Waals surface area contributed by atoms with Gasteiger partial charge in [-0.1, -0.05) is 30.4 Å². The Balaban J connectivity index is 2.08. The first-order chi connectivity index (χ1) is 11.3. The lowest BCUT2D eigenvalue weighted by Gasteiger charge is -2.19. The molecule has 0 bridgehead atoms. The zero-order chi connectivity index (χ0) is 15.6. The van der Waals surface area contributed by atoms with Crippen molar-refractivity contribution in [2.75, 3.05) is 13.2 Å². The minimum Gasteiger partial charge on any atom is -0.489 e. The lowest BCUT2D eigenvalue weighted by Crippen LogP contribution is -2.15. The molecule has 2 aliphatic heterocycles. The van der Waals surface area contributed by atoms with Crippen LogP contribution in [0.1, 0.15) is 11.1 Å². The summed E-state index contributed by atoms with van der Waals surface area (Å²) in [4.78, 5) is 12.6. The summed E-state index contributed by atoms with van der Waals surface area (Å²) < 4.78 is 16.9. The lowest BCUT2D eigenvalue weighted by molar-refractivity contribution is 0.308. The van der Waals surface area contributed by atoms with E-state index in [1.807, 2.05) is 48.6 Å². The van der Waals surface area contributed by atoms with Crippen LogP contribution >= 0.6 is 0 Å². The Bertz CT molecular complexity index is 941. The van der Waals surface area contributed by atoms with Crippen LogP contribution in [-0.4, -0.2) is 13.2 Å². The fourth-order valence-corrected chi connectivity index (χ4v) is 2.73. The molecule has 0 N–H and O–H groups in total. The molecule has 0 saturated carbocycles. The quantitative estimate of drug-likeness (QED) is 0.795. The molecule has 0 radical (unpaired) electrons. The molecule has 3 heterocycles. The molecule has 4 heteroatoms. The molecular formula is C19H14O4. The Kier molecular flexibility index (Phi) is 3.35. The van der Waals surface area contributed by atoms with Gasteiger partial charge in [0, 0.05) is 10.9 Å². The largest absolute Gasteiger partial charge is 0.489 e. The van der Waals surface area contributed by atoms with Crippen molar-refractivity contribution in [3.8, 4) is 0 Å². The highest BCUT2D eigenvalue weighted by Gasteiger charge is 2.23. The molecule has 2 aromatic rings. The number of benzene rings is 1. The number of hydrogen-bond donors (Lipinski definition) is 0. The molecule has 0 aliphatic carbocycles. The predicted octanol–water partition coefficient (Wildman–Crippen LogP) is 3.65. The van der Waals surface area contributed by atoms with E-state index in [1.165, 1.54) is 0 Å². The molecule has 0 fully saturated rings. The smallest absolute Gasteiger partial charge is 0.348 e. The normalized spacial score (nSPS) is 16.5. The van der Waals surface area contributed by atoms with Crippen molar-refractivity contribution in [2.24, 2.45) is 0 Å². The molecular weight excluding hydrogens is 292 g/mol. The van der Waals surface area contributed by atoms with E-state index in [9.17, 15) is 4.79 Å². The van der Waals surface area contributed by atoms with Crippen LogP contribution < -0.4 is 5.63 Å². The van der Waals surface area contributed by atoms with Crippen LogP contribution in [-0.2, 0) is 9.47 Å². The Hall–Kier alpha value is -3.01. The van der Waals surface area contributed by atoms with Gasteiger partial charge in [0.2, 0.25) is 0 Å². The van der Waals surface area contributed by atoms with Crippen LogP contribution in [0, 0.1) is 0 Å². The van der Waals surface area contributed by atoms with Crippen molar-refractivity contribution in [1.82, 2.24) is 0 Å². The summed E-state index contributed by atoms with van der Waals surface area (Å²) in [7, 11) is 0. The molecule has 0 unspecified atom stereocenters. The third kappa shape index (κ3) is 2.38. The van der Waals surface area contributed by atoms with Gasteiger partial charge in [0.05, 0.1) is 0 Å².